The van der Waals surface area contributed by atoms with E-state index in [-0.39, 0.29) is 0 Å². The molecule has 1 unspecified atom stereocenters. The number of likely N-dealkylation sites (tertiary alicyclic amines) is 1. The summed E-state index contributed by atoms with van der Waals surface area (Å²) in [6.07, 6.45) is 2.63. The van der Waals surface area contributed by atoms with Crippen LogP contribution in [0.4, 0.5) is 5.82 Å². The predicted molar refractivity (Wildman–Crippen MR) is 66.9 cm³/mol. The predicted octanol–water partition coefficient (Wildman–Crippen LogP) is 2.28. The third-order valence-corrected chi connectivity index (χ3v) is 3.38. The Morgan fingerprint density at radius 1 is 1.50 bits per heavy atom. The maximum Gasteiger partial charge on any atom is 0.123 e. The van der Waals surface area contributed by atoms with Gasteiger partial charge in [0.1, 0.15) is 5.82 Å². The highest BCUT2D eigenvalue weighted by atomic mass is 15.2. The van der Waals surface area contributed by atoms with Gasteiger partial charge in [-0.15, -0.1) is 0 Å². The zero-order valence-electron chi connectivity index (χ0n) is 10.2. The molecule has 1 aromatic rings. The summed E-state index contributed by atoms with van der Waals surface area (Å²) >= 11 is 0. The van der Waals surface area contributed by atoms with Gasteiger partial charge in [-0.2, -0.15) is 0 Å². The quantitative estimate of drug-likeness (QED) is 0.848. The van der Waals surface area contributed by atoms with Crippen molar-refractivity contribution in [3.8, 4) is 0 Å². The molecule has 1 aliphatic rings. The molecule has 1 aromatic heterocycles. The van der Waals surface area contributed by atoms with E-state index in [0.717, 1.165) is 18.2 Å². The number of pyridine rings is 1. The van der Waals surface area contributed by atoms with Gasteiger partial charge >= 0.3 is 0 Å². The molecular weight excluding hydrogens is 198 g/mol. The molecule has 0 spiro atoms. The van der Waals surface area contributed by atoms with Gasteiger partial charge in [0.2, 0.25) is 0 Å². The van der Waals surface area contributed by atoms with Crippen LogP contribution in [0.5, 0.6) is 0 Å². The number of hydrogen-bond acceptors (Lipinski definition) is 3. The molecule has 1 fully saturated rings. The standard InChI is InChI=1S/C13H21N3/c1-10(2)12-6-4-8-16(12)9-11-5-3-7-13(14)15-11/h3,5,7,10,12H,4,6,8-9H2,1-2H3,(H2,14,15). The lowest BCUT2D eigenvalue weighted by molar-refractivity contribution is 0.197. The molecule has 0 radical (unpaired) electrons. The van der Waals surface area contributed by atoms with Crippen molar-refractivity contribution in [3.63, 3.8) is 0 Å². The highest BCUT2D eigenvalue weighted by Crippen LogP contribution is 2.25. The molecule has 2 heterocycles. The summed E-state index contributed by atoms with van der Waals surface area (Å²) in [5.74, 6) is 1.35. The summed E-state index contributed by atoms with van der Waals surface area (Å²) in [7, 11) is 0. The SMILES string of the molecule is CC(C)C1CCCN1Cc1cccc(N)n1. The van der Waals surface area contributed by atoms with Gasteiger partial charge in [0.15, 0.2) is 0 Å². The van der Waals surface area contributed by atoms with E-state index in [1.54, 1.807) is 0 Å². The molecule has 3 heteroatoms. The van der Waals surface area contributed by atoms with Crippen LogP contribution >= 0.6 is 0 Å². The summed E-state index contributed by atoms with van der Waals surface area (Å²) in [5, 5.41) is 0. The second kappa shape index (κ2) is 4.83. The van der Waals surface area contributed by atoms with E-state index in [9.17, 15) is 0 Å². The number of aromatic nitrogens is 1. The number of nitrogens with zero attached hydrogens (tertiary/aromatic N) is 2. The van der Waals surface area contributed by atoms with Crippen LogP contribution in [0, 0.1) is 5.92 Å². The number of rotatable bonds is 3. The van der Waals surface area contributed by atoms with Gasteiger partial charge in [-0.1, -0.05) is 19.9 Å². The van der Waals surface area contributed by atoms with Crippen LogP contribution in [0.15, 0.2) is 18.2 Å². The Morgan fingerprint density at radius 3 is 3.00 bits per heavy atom. The maximum atomic E-state index is 5.70. The molecule has 2 rings (SSSR count). The molecule has 0 aliphatic carbocycles. The second-order valence-electron chi connectivity index (χ2n) is 4.98. The van der Waals surface area contributed by atoms with Crippen molar-refractivity contribution in [1.29, 1.82) is 0 Å². The zero-order chi connectivity index (χ0) is 11.5. The lowest BCUT2D eigenvalue weighted by Gasteiger charge is -2.27. The normalized spacial score (nSPS) is 21.8. The molecular formula is C13H21N3. The highest BCUT2D eigenvalue weighted by molar-refractivity contribution is 5.28. The van der Waals surface area contributed by atoms with Crippen LogP contribution in [-0.2, 0) is 6.54 Å². The van der Waals surface area contributed by atoms with Crippen molar-refractivity contribution in [3.05, 3.63) is 23.9 Å². The third-order valence-electron chi connectivity index (χ3n) is 3.38. The van der Waals surface area contributed by atoms with Crippen molar-refractivity contribution in [2.24, 2.45) is 5.92 Å². The molecule has 0 amide bonds. The van der Waals surface area contributed by atoms with Gasteiger partial charge < -0.3 is 5.73 Å². The van der Waals surface area contributed by atoms with Gasteiger partial charge in [0.05, 0.1) is 5.69 Å². The summed E-state index contributed by atoms with van der Waals surface area (Å²) in [5.41, 5.74) is 6.79. The summed E-state index contributed by atoms with van der Waals surface area (Å²) < 4.78 is 0. The van der Waals surface area contributed by atoms with E-state index in [1.165, 1.54) is 19.4 Å². The molecule has 1 saturated heterocycles. The van der Waals surface area contributed by atoms with Crippen molar-refractivity contribution in [1.82, 2.24) is 9.88 Å². The minimum absolute atomic E-state index is 0.623. The van der Waals surface area contributed by atoms with Crippen LogP contribution in [-0.4, -0.2) is 22.5 Å². The molecule has 88 valence electrons. The molecule has 0 bridgehead atoms. The Morgan fingerprint density at radius 2 is 2.31 bits per heavy atom. The summed E-state index contributed by atoms with van der Waals surface area (Å²) in [4.78, 5) is 6.90. The first kappa shape index (κ1) is 11.4. The molecule has 0 saturated carbocycles. The Bertz CT molecular complexity index is 349. The number of hydrogen-bond donors (Lipinski definition) is 1. The third kappa shape index (κ3) is 2.53. The lowest BCUT2D eigenvalue weighted by Crippen LogP contribution is -2.33. The average molecular weight is 219 g/mol. The van der Waals surface area contributed by atoms with E-state index in [1.807, 2.05) is 12.1 Å². The molecule has 16 heavy (non-hydrogen) atoms. The Labute approximate surface area is 97.7 Å². The van der Waals surface area contributed by atoms with E-state index in [2.05, 4.69) is 29.8 Å². The molecule has 3 nitrogen and oxygen atoms in total. The Balaban J connectivity index is 2.04. The minimum Gasteiger partial charge on any atom is -0.384 e. The van der Waals surface area contributed by atoms with Crippen LogP contribution in [0.25, 0.3) is 0 Å². The highest BCUT2D eigenvalue weighted by Gasteiger charge is 2.26. The first-order valence-electron chi connectivity index (χ1n) is 6.12. The van der Waals surface area contributed by atoms with Gasteiger partial charge in [0.25, 0.3) is 0 Å². The van der Waals surface area contributed by atoms with Crippen LogP contribution < -0.4 is 5.73 Å². The Hall–Kier alpha value is -1.09. The average Bonchev–Trinajstić information content (AvgIpc) is 2.66. The monoisotopic (exact) mass is 219 g/mol. The van der Waals surface area contributed by atoms with Crippen LogP contribution in [0.3, 0.4) is 0 Å². The van der Waals surface area contributed by atoms with Crippen LogP contribution in [0.1, 0.15) is 32.4 Å². The number of anilines is 1. The molecule has 1 aliphatic heterocycles. The van der Waals surface area contributed by atoms with Gasteiger partial charge in [0, 0.05) is 12.6 Å². The number of nitrogen functional groups attached to an aromatic ring is 1. The fraction of sp³-hybridized carbons (Fsp3) is 0.615. The van der Waals surface area contributed by atoms with Crippen molar-refractivity contribution >= 4 is 5.82 Å². The summed E-state index contributed by atoms with van der Waals surface area (Å²) in [6.45, 7) is 6.73. The van der Waals surface area contributed by atoms with E-state index in [4.69, 9.17) is 5.73 Å². The smallest absolute Gasteiger partial charge is 0.123 e. The van der Waals surface area contributed by atoms with Gasteiger partial charge in [-0.05, 0) is 37.4 Å². The fourth-order valence-electron chi connectivity index (χ4n) is 2.60. The maximum absolute atomic E-state index is 5.70. The first-order valence-corrected chi connectivity index (χ1v) is 6.12. The largest absolute Gasteiger partial charge is 0.384 e. The second-order valence-corrected chi connectivity index (χ2v) is 4.98. The fourth-order valence-corrected chi connectivity index (χ4v) is 2.60. The Kier molecular flexibility index (Phi) is 3.44. The van der Waals surface area contributed by atoms with Gasteiger partial charge in [-0.25, -0.2) is 4.98 Å². The molecule has 1 atom stereocenters. The van der Waals surface area contributed by atoms with E-state index in [0.29, 0.717) is 11.9 Å². The summed E-state index contributed by atoms with van der Waals surface area (Å²) in [6, 6.07) is 6.60. The van der Waals surface area contributed by atoms with E-state index >= 15 is 0 Å². The van der Waals surface area contributed by atoms with Crippen molar-refractivity contribution in [2.75, 3.05) is 12.3 Å². The zero-order valence-corrected chi connectivity index (χ0v) is 10.2. The van der Waals surface area contributed by atoms with Gasteiger partial charge in [-0.3, -0.25) is 4.90 Å². The minimum atomic E-state index is 0.623. The molecule has 2 N–H and O–H groups in total. The van der Waals surface area contributed by atoms with Crippen molar-refractivity contribution in [2.45, 2.75) is 39.3 Å². The topological polar surface area (TPSA) is 42.1 Å². The van der Waals surface area contributed by atoms with Crippen molar-refractivity contribution < 1.29 is 0 Å². The molecule has 0 aromatic carbocycles. The lowest BCUT2D eigenvalue weighted by atomic mass is 10.0. The number of nitrogens with two attached hydrogens (primary N) is 1. The van der Waals surface area contributed by atoms with Crippen LogP contribution in [0.2, 0.25) is 0 Å². The van der Waals surface area contributed by atoms with E-state index < -0.39 is 0 Å². The first-order chi connectivity index (χ1) is 7.66.